The van der Waals surface area contributed by atoms with Crippen molar-refractivity contribution in [3.8, 4) is 0 Å². The lowest BCUT2D eigenvalue weighted by molar-refractivity contribution is 0.297. The molecule has 2 aliphatic rings. The molecule has 0 bridgehead atoms. The molecule has 0 aromatic carbocycles. The summed E-state index contributed by atoms with van der Waals surface area (Å²) in [6, 6.07) is -0.0578. The minimum absolute atomic E-state index is 0.0578. The number of rotatable bonds is 3. The number of hydrogen-bond acceptors (Lipinski definition) is 4. The maximum Gasteiger partial charge on any atom is 0.281 e. The van der Waals surface area contributed by atoms with E-state index >= 15 is 0 Å². The normalized spacial score (nSPS) is 24.7. The van der Waals surface area contributed by atoms with Gasteiger partial charge in [-0.05, 0) is 25.7 Å². The zero-order chi connectivity index (χ0) is 12.3. The summed E-state index contributed by atoms with van der Waals surface area (Å²) in [5.41, 5.74) is 0. The summed E-state index contributed by atoms with van der Waals surface area (Å²) in [5, 5.41) is 0. The lowest BCUT2D eigenvalue weighted by Gasteiger charge is -2.31. The minimum atomic E-state index is -3.27. The average Bonchev–Trinajstić information content (AvgIpc) is 2.84. The Hall–Kier alpha value is -0.750. The molecule has 2 fully saturated rings. The molecule has 2 heterocycles. The Morgan fingerprint density at radius 1 is 1.00 bits per heavy atom. The molecule has 2 rings (SSSR count). The second-order valence-corrected chi connectivity index (χ2v) is 6.39. The van der Waals surface area contributed by atoms with Crippen LogP contribution in [-0.4, -0.2) is 55.3 Å². The van der Waals surface area contributed by atoms with Gasteiger partial charge in [0.2, 0.25) is 6.08 Å². The molecule has 2 aliphatic heterocycles. The third kappa shape index (κ3) is 2.74. The lowest BCUT2D eigenvalue weighted by atomic mass is 10.1. The molecule has 0 saturated carbocycles. The van der Waals surface area contributed by atoms with E-state index < -0.39 is 10.2 Å². The van der Waals surface area contributed by atoms with Gasteiger partial charge in [0, 0.05) is 26.2 Å². The fraction of sp³-hybridized carbons (Fsp3) is 0.900. The van der Waals surface area contributed by atoms with Crippen molar-refractivity contribution in [3.05, 3.63) is 0 Å². The molecule has 6 nitrogen and oxygen atoms in total. The van der Waals surface area contributed by atoms with E-state index in [2.05, 4.69) is 4.99 Å². The maximum absolute atomic E-state index is 12.2. The van der Waals surface area contributed by atoms with Crippen LogP contribution in [0, 0.1) is 0 Å². The molecular formula is C10H17N3O3S. The van der Waals surface area contributed by atoms with Gasteiger partial charge >= 0.3 is 0 Å². The molecule has 0 aromatic heterocycles. The van der Waals surface area contributed by atoms with Gasteiger partial charge in [0.05, 0.1) is 6.04 Å². The van der Waals surface area contributed by atoms with Gasteiger partial charge in [0.25, 0.3) is 10.2 Å². The molecule has 2 saturated heterocycles. The van der Waals surface area contributed by atoms with Gasteiger partial charge in [-0.2, -0.15) is 17.0 Å². The van der Waals surface area contributed by atoms with Crippen molar-refractivity contribution in [1.29, 1.82) is 0 Å². The summed E-state index contributed by atoms with van der Waals surface area (Å²) in [6.07, 6.45) is 4.67. The molecular weight excluding hydrogens is 242 g/mol. The number of aliphatic imine (C=N–C) groups is 1. The van der Waals surface area contributed by atoms with Gasteiger partial charge in [0.15, 0.2) is 0 Å². The van der Waals surface area contributed by atoms with Crippen LogP contribution in [0.1, 0.15) is 25.7 Å². The van der Waals surface area contributed by atoms with Crippen LogP contribution in [0.3, 0.4) is 0 Å². The average molecular weight is 259 g/mol. The van der Waals surface area contributed by atoms with E-state index in [0.29, 0.717) is 39.0 Å². The Balaban J connectivity index is 1.97. The minimum Gasteiger partial charge on any atom is -0.211 e. The highest BCUT2D eigenvalue weighted by atomic mass is 32.2. The molecule has 7 heteroatoms. The van der Waals surface area contributed by atoms with Gasteiger partial charge in [-0.3, -0.25) is 0 Å². The quantitative estimate of drug-likeness (QED) is 0.534. The van der Waals surface area contributed by atoms with Crippen LogP contribution in [0.5, 0.6) is 0 Å². The highest BCUT2D eigenvalue weighted by Crippen LogP contribution is 2.21. The van der Waals surface area contributed by atoms with Crippen LogP contribution in [0.25, 0.3) is 0 Å². The fourth-order valence-electron chi connectivity index (χ4n) is 2.36. The van der Waals surface area contributed by atoms with Crippen LogP contribution in [0.2, 0.25) is 0 Å². The summed E-state index contributed by atoms with van der Waals surface area (Å²) >= 11 is 0. The van der Waals surface area contributed by atoms with Crippen molar-refractivity contribution >= 4 is 16.3 Å². The van der Waals surface area contributed by atoms with E-state index in [9.17, 15) is 13.2 Å². The molecule has 0 unspecified atom stereocenters. The van der Waals surface area contributed by atoms with Gasteiger partial charge in [-0.25, -0.2) is 9.79 Å². The van der Waals surface area contributed by atoms with E-state index in [4.69, 9.17) is 0 Å². The van der Waals surface area contributed by atoms with Crippen molar-refractivity contribution in [1.82, 2.24) is 8.61 Å². The van der Waals surface area contributed by atoms with Crippen LogP contribution >= 0.6 is 0 Å². The monoisotopic (exact) mass is 259 g/mol. The van der Waals surface area contributed by atoms with Gasteiger partial charge in [0.1, 0.15) is 0 Å². The van der Waals surface area contributed by atoms with Crippen LogP contribution < -0.4 is 0 Å². The first-order chi connectivity index (χ1) is 8.14. The predicted molar refractivity (Wildman–Crippen MR) is 62.4 cm³/mol. The zero-order valence-corrected chi connectivity index (χ0v) is 10.5. The first-order valence-electron chi connectivity index (χ1n) is 5.97. The van der Waals surface area contributed by atoms with Gasteiger partial charge < -0.3 is 0 Å². The Morgan fingerprint density at radius 2 is 1.53 bits per heavy atom. The summed E-state index contributed by atoms with van der Waals surface area (Å²) < 4.78 is 27.5. The lowest BCUT2D eigenvalue weighted by Crippen LogP contribution is -2.46. The number of piperidine rings is 1. The topological polar surface area (TPSA) is 70.0 Å². The summed E-state index contributed by atoms with van der Waals surface area (Å²) in [7, 11) is -3.27. The highest BCUT2D eigenvalue weighted by Gasteiger charge is 2.34. The number of nitrogens with zero attached hydrogens (tertiary/aromatic N) is 3. The number of hydrogen-bond donors (Lipinski definition) is 0. The van der Waals surface area contributed by atoms with E-state index in [1.54, 1.807) is 10.4 Å². The Kier molecular flexibility index (Phi) is 3.93. The molecule has 0 N–H and O–H groups in total. The summed E-state index contributed by atoms with van der Waals surface area (Å²) in [5.74, 6) is 0. The van der Waals surface area contributed by atoms with E-state index in [-0.39, 0.29) is 6.04 Å². The van der Waals surface area contributed by atoms with Crippen molar-refractivity contribution in [2.24, 2.45) is 4.99 Å². The largest absolute Gasteiger partial charge is 0.281 e. The first kappa shape index (κ1) is 12.7. The molecule has 0 atom stereocenters. The molecule has 0 spiro atoms. The standard InChI is InChI=1S/C10H17N3O3S/c14-9-11-10-3-7-13(8-4-10)17(15,16)12-5-1-2-6-12/h10H,1-8H2. The summed E-state index contributed by atoms with van der Waals surface area (Å²) in [6.45, 7) is 2.17. The van der Waals surface area contributed by atoms with Crippen LogP contribution in [-0.2, 0) is 15.0 Å². The van der Waals surface area contributed by atoms with Crippen molar-refractivity contribution in [2.45, 2.75) is 31.7 Å². The van der Waals surface area contributed by atoms with E-state index in [1.807, 2.05) is 0 Å². The van der Waals surface area contributed by atoms with Crippen molar-refractivity contribution < 1.29 is 13.2 Å². The molecule has 96 valence electrons. The molecule has 0 radical (unpaired) electrons. The maximum atomic E-state index is 12.2. The predicted octanol–water partition coefficient (Wildman–Crippen LogP) is 0.127. The molecule has 0 aromatic rings. The van der Waals surface area contributed by atoms with E-state index in [1.165, 1.54) is 4.31 Å². The smallest absolute Gasteiger partial charge is 0.211 e. The second-order valence-electron chi connectivity index (χ2n) is 4.46. The van der Waals surface area contributed by atoms with Crippen molar-refractivity contribution in [2.75, 3.05) is 26.2 Å². The summed E-state index contributed by atoms with van der Waals surface area (Å²) in [4.78, 5) is 13.8. The van der Waals surface area contributed by atoms with Crippen molar-refractivity contribution in [3.63, 3.8) is 0 Å². The third-order valence-corrected chi connectivity index (χ3v) is 5.41. The molecule has 17 heavy (non-hydrogen) atoms. The second kappa shape index (κ2) is 5.27. The number of carbonyl (C=O) groups excluding carboxylic acids is 1. The Labute approximate surface area is 101 Å². The molecule has 0 amide bonds. The number of isocyanates is 1. The molecule has 0 aliphatic carbocycles. The Bertz CT molecular complexity index is 403. The fourth-order valence-corrected chi connectivity index (χ4v) is 4.08. The highest BCUT2D eigenvalue weighted by molar-refractivity contribution is 7.86. The van der Waals surface area contributed by atoms with Crippen LogP contribution in [0.15, 0.2) is 4.99 Å². The van der Waals surface area contributed by atoms with Gasteiger partial charge in [-0.1, -0.05) is 0 Å². The van der Waals surface area contributed by atoms with E-state index in [0.717, 1.165) is 12.8 Å². The zero-order valence-electron chi connectivity index (χ0n) is 9.71. The SMILES string of the molecule is O=C=NC1CCN(S(=O)(=O)N2CCCC2)CC1. The first-order valence-corrected chi connectivity index (χ1v) is 7.36. The third-order valence-electron chi connectivity index (χ3n) is 3.38. The Morgan fingerprint density at radius 3 is 2.06 bits per heavy atom. The van der Waals surface area contributed by atoms with Crippen LogP contribution in [0.4, 0.5) is 0 Å². The van der Waals surface area contributed by atoms with Gasteiger partial charge in [-0.15, -0.1) is 0 Å².